The fraction of sp³-hybridized carbons (Fsp3) is 0.250. The zero-order valence-electron chi connectivity index (χ0n) is 12.3. The molecule has 2 rings (SSSR count). The Morgan fingerprint density at radius 3 is 2.57 bits per heavy atom. The van der Waals surface area contributed by atoms with Crippen LogP contribution in [-0.2, 0) is 11.0 Å². The molecule has 1 aromatic carbocycles. The largest absolute Gasteiger partial charge is 0.483 e. The number of nitrogens with one attached hydrogen (secondary N) is 1. The number of hydrogen-bond donors (Lipinski definition) is 1. The van der Waals surface area contributed by atoms with Gasteiger partial charge in [0.25, 0.3) is 5.91 Å². The maximum absolute atomic E-state index is 12.8. The number of ether oxygens (including phenoxy) is 1. The lowest BCUT2D eigenvalue weighted by molar-refractivity contribution is -0.139. The summed E-state index contributed by atoms with van der Waals surface area (Å²) in [6, 6.07) is 9.66. The van der Waals surface area contributed by atoms with E-state index in [2.05, 4.69) is 10.3 Å². The average Bonchev–Trinajstić information content (AvgIpc) is 2.53. The number of carbonyl (C=O) groups excluding carboxylic acids is 1. The van der Waals surface area contributed by atoms with Gasteiger partial charge in [-0.15, -0.1) is 0 Å². The highest BCUT2D eigenvalue weighted by Gasteiger charge is 2.34. The van der Waals surface area contributed by atoms with Crippen molar-refractivity contribution in [3.8, 4) is 5.75 Å². The summed E-state index contributed by atoms with van der Waals surface area (Å²) in [6.07, 6.45) is -2.94. The summed E-state index contributed by atoms with van der Waals surface area (Å²) < 4.78 is 43.5. The smallest absolute Gasteiger partial charge is 0.419 e. The first-order valence-electron chi connectivity index (χ1n) is 6.87. The topological polar surface area (TPSA) is 51.2 Å². The van der Waals surface area contributed by atoms with E-state index in [1.807, 2.05) is 0 Å². The van der Waals surface area contributed by atoms with Gasteiger partial charge in [-0.3, -0.25) is 9.78 Å². The molecule has 0 aliphatic carbocycles. The fourth-order valence-corrected chi connectivity index (χ4v) is 1.96. The summed E-state index contributed by atoms with van der Waals surface area (Å²) in [5.41, 5.74) is -0.262. The summed E-state index contributed by atoms with van der Waals surface area (Å²) in [5, 5.41) is 2.62. The minimum Gasteiger partial charge on any atom is -0.483 e. The average molecular weight is 324 g/mol. The van der Waals surface area contributed by atoms with Gasteiger partial charge in [0, 0.05) is 6.20 Å². The molecule has 0 saturated carbocycles. The van der Waals surface area contributed by atoms with Crippen molar-refractivity contribution in [3.05, 3.63) is 59.9 Å². The Kier molecular flexibility index (Phi) is 5.20. The van der Waals surface area contributed by atoms with Crippen molar-refractivity contribution in [1.29, 1.82) is 0 Å². The maximum atomic E-state index is 12.8. The van der Waals surface area contributed by atoms with Crippen molar-refractivity contribution in [2.45, 2.75) is 19.1 Å². The second-order valence-electron chi connectivity index (χ2n) is 4.83. The number of nitrogens with zero attached hydrogens (tertiary/aromatic N) is 1. The molecule has 0 aliphatic heterocycles. The van der Waals surface area contributed by atoms with Crippen LogP contribution in [0.25, 0.3) is 0 Å². The predicted octanol–water partition coefficient (Wildman–Crippen LogP) is 3.36. The quantitative estimate of drug-likeness (QED) is 0.917. The van der Waals surface area contributed by atoms with Crippen molar-refractivity contribution in [2.75, 3.05) is 6.61 Å². The second-order valence-corrected chi connectivity index (χ2v) is 4.83. The van der Waals surface area contributed by atoms with E-state index in [0.717, 1.165) is 6.07 Å². The number of halogens is 3. The van der Waals surface area contributed by atoms with Gasteiger partial charge in [0.2, 0.25) is 0 Å². The van der Waals surface area contributed by atoms with Crippen LogP contribution in [0.5, 0.6) is 5.75 Å². The van der Waals surface area contributed by atoms with E-state index in [9.17, 15) is 18.0 Å². The van der Waals surface area contributed by atoms with Gasteiger partial charge in [-0.2, -0.15) is 13.2 Å². The first kappa shape index (κ1) is 16.8. The van der Waals surface area contributed by atoms with Gasteiger partial charge < -0.3 is 10.1 Å². The SMILES string of the molecule is CC(NC(=O)COc1ccccc1C(F)(F)F)c1ccccn1. The van der Waals surface area contributed by atoms with E-state index in [1.54, 1.807) is 31.3 Å². The molecule has 0 bridgehead atoms. The van der Waals surface area contributed by atoms with E-state index >= 15 is 0 Å². The zero-order chi connectivity index (χ0) is 16.9. The lowest BCUT2D eigenvalue weighted by Crippen LogP contribution is -2.31. The molecule has 0 radical (unpaired) electrons. The molecule has 1 unspecified atom stereocenters. The molecule has 23 heavy (non-hydrogen) atoms. The molecule has 0 saturated heterocycles. The van der Waals surface area contributed by atoms with Gasteiger partial charge in [-0.25, -0.2) is 0 Å². The number of pyridine rings is 1. The molecule has 4 nitrogen and oxygen atoms in total. The molecule has 0 aliphatic rings. The maximum Gasteiger partial charge on any atom is 0.419 e. The van der Waals surface area contributed by atoms with Crippen LogP contribution in [0.3, 0.4) is 0 Å². The van der Waals surface area contributed by atoms with Gasteiger partial charge in [-0.1, -0.05) is 18.2 Å². The molecule has 7 heteroatoms. The molecule has 1 aromatic heterocycles. The predicted molar refractivity (Wildman–Crippen MR) is 77.7 cm³/mol. The monoisotopic (exact) mass is 324 g/mol. The van der Waals surface area contributed by atoms with Crippen LogP contribution >= 0.6 is 0 Å². The number of amides is 1. The van der Waals surface area contributed by atoms with E-state index in [0.29, 0.717) is 5.69 Å². The molecule has 2 aromatic rings. The number of rotatable bonds is 5. The van der Waals surface area contributed by atoms with E-state index in [4.69, 9.17) is 4.74 Å². The first-order valence-corrected chi connectivity index (χ1v) is 6.87. The molecule has 1 atom stereocenters. The summed E-state index contributed by atoms with van der Waals surface area (Å²) in [5.74, 6) is -0.902. The summed E-state index contributed by atoms with van der Waals surface area (Å²) >= 11 is 0. The van der Waals surface area contributed by atoms with Crippen LogP contribution in [0.2, 0.25) is 0 Å². The van der Waals surface area contributed by atoms with E-state index in [-0.39, 0.29) is 11.8 Å². The number of carbonyl (C=O) groups is 1. The Labute approximate surface area is 131 Å². The van der Waals surface area contributed by atoms with E-state index in [1.165, 1.54) is 18.2 Å². The third kappa shape index (κ3) is 4.70. The molecule has 122 valence electrons. The van der Waals surface area contributed by atoms with Crippen LogP contribution < -0.4 is 10.1 Å². The standard InChI is InChI=1S/C16H15F3N2O2/c1-11(13-7-4-5-9-20-13)21-15(22)10-23-14-8-3-2-6-12(14)16(17,18)19/h2-9,11H,10H2,1H3,(H,21,22). The van der Waals surface area contributed by atoms with Crippen LogP contribution in [-0.4, -0.2) is 17.5 Å². The number of benzene rings is 1. The molecule has 1 amide bonds. The van der Waals surface area contributed by atoms with Crippen molar-refractivity contribution in [2.24, 2.45) is 0 Å². The highest BCUT2D eigenvalue weighted by atomic mass is 19.4. The van der Waals surface area contributed by atoms with Crippen LogP contribution in [0, 0.1) is 0 Å². The Hall–Kier alpha value is -2.57. The second kappa shape index (κ2) is 7.13. The Balaban J connectivity index is 1.95. The highest BCUT2D eigenvalue weighted by Crippen LogP contribution is 2.35. The first-order chi connectivity index (χ1) is 10.9. The Morgan fingerprint density at radius 2 is 1.91 bits per heavy atom. The van der Waals surface area contributed by atoms with Crippen LogP contribution in [0.4, 0.5) is 13.2 Å². The van der Waals surface area contributed by atoms with E-state index < -0.39 is 24.3 Å². The molecule has 0 spiro atoms. The van der Waals surface area contributed by atoms with Gasteiger partial charge in [0.1, 0.15) is 5.75 Å². The summed E-state index contributed by atoms with van der Waals surface area (Å²) in [7, 11) is 0. The van der Waals surface area contributed by atoms with Gasteiger partial charge >= 0.3 is 6.18 Å². The van der Waals surface area contributed by atoms with Crippen LogP contribution in [0.1, 0.15) is 24.2 Å². The molecule has 0 fully saturated rings. The number of hydrogen-bond acceptors (Lipinski definition) is 3. The lowest BCUT2D eigenvalue weighted by atomic mass is 10.2. The number of alkyl halides is 3. The lowest BCUT2D eigenvalue weighted by Gasteiger charge is -2.16. The van der Waals surface area contributed by atoms with Crippen molar-refractivity contribution >= 4 is 5.91 Å². The minimum atomic E-state index is -4.53. The third-order valence-corrected chi connectivity index (χ3v) is 3.06. The van der Waals surface area contributed by atoms with Crippen molar-refractivity contribution in [3.63, 3.8) is 0 Å². The fourth-order valence-electron chi connectivity index (χ4n) is 1.96. The highest BCUT2D eigenvalue weighted by molar-refractivity contribution is 5.78. The molecule has 1 heterocycles. The molecule has 1 N–H and O–H groups in total. The Bertz CT molecular complexity index is 660. The van der Waals surface area contributed by atoms with Crippen LogP contribution in [0.15, 0.2) is 48.7 Å². The third-order valence-electron chi connectivity index (χ3n) is 3.06. The number of para-hydroxylation sites is 1. The normalized spacial score (nSPS) is 12.5. The summed E-state index contributed by atoms with van der Waals surface area (Å²) in [4.78, 5) is 15.9. The molecular formula is C16H15F3N2O2. The molecular weight excluding hydrogens is 309 g/mol. The van der Waals surface area contributed by atoms with Gasteiger partial charge in [-0.05, 0) is 31.2 Å². The van der Waals surface area contributed by atoms with Crippen molar-refractivity contribution < 1.29 is 22.7 Å². The minimum absolute atomic E-state index is 0.370. The number of aromatic nitrogens is 1. The zero-order valence-corrected chi connectivity index (χ0v) is 12.3. The van der Waals surface area contributed by atoms with Crippen molar-refractivity contribution in [1.82, 2.24) is 10.3 Å². The summed E-state index contributed by atoms with van der Waals surface area (Å²) in [6.45, 7) is 1.22. The Morgan fingerprint density at radius 1 is 1.22 bits per heavy atom. The van der Waals surface area contributed by atoms with Gasteiger partial charge in [0.15, 0.2) is 6.61 Å². The van der Waals surface area contributed by atoms with Gasteiger partial charge in [0.05, 0.1) is 17.3 Å².